The normalized spacial score (nSPS) is 36.3. The fraction of sp³-hybridized carbons (Fsp3) is 0.742. The van der Waals surface area contributed by atoms with Crippen LogP contribution in [0.3, 0.4) is 0 Å². The van der Waals surface area contributed by atoms with Gasteiger partial charge in [0.1, 0.15) is 206 Å². The molecule has 26 rings (SSSR count). The fourth-order valence-corrected chi connectivity index (χ4v) is 20.8. The van der Waals surface area contributed by atoms with Gasteiger partial charge >= 0.3 is 0 Å². The molecule has 52 heteroatoms. The van der Waals surface area contributed by atoms with E-state index in [0.29, 0.717) is 68.3 Å². The van der Waals surface area contributed by atoms with Crippen LogP contribution in [0.2, 0.25) is 0 Å². The number of nitrogens with one attached hydrogen (secondary N) is 2. The summed E-state index contributed by atoms with van der Waals surface area (Å²) >= 11 is 0. The van der Waals surface area contributed by atoms with E-state index in [-0.39, 0.29) is 73.6 Å². The number of carbonyl (C=O) groups is 5. The Morgan fingerprint density at radius 2 is 0.832 bits per heavy atom. The topological polar surface area (TPSA) is 759 Å². The standard InChI is InChI=1S/C55H76N6O11S.C42H70O34/c1-9-61-33-45(58-59-61)35-71-47-28-39(6)51(40(7)29-47)73(68,69)72-36-55(8,67)52(64)49(27-38(4)5)57-54(66)44(30-42-18-14-11-15-19-42)32-50(63)48(26-37(2)3)56-53(65)43(21-20-41-16-12-10-13-17-41)31-46(62)34-60-22-24-70-25-23-60;1-8-29-15(49)22(56)36(63-8)71-30-9(2-43)65-38(24(58)17(30)51)73-32-11(4-45)67-40(26(60)19(32)53)75-34-13(6-47)69-42(28(62)21(34)55)76-35-14(7-48)68-41(27(61)20(35)54)74-33-12(5-46)66-39(25(59)18(33)52)72-31-10(3-44)64-37(70-29)23(57)16(31)50/h10-19,28-29,33,37-38,43-44,48-49,67H,9,20-27,30-32,34-36H2,1-8H3,(H,56,65)(H,57,66);8-62H,2-7H2,1H3/t43-,44-,48+,49+,55-;/m1./s1. The maximum Gasteiger partial charge on any atom is 0.297 e. The van der Waals surface area contributed by atoms with Crippen LogP contribution < -0.4 is 15.4 Å². The first-order chi connectivity index (χ1) is 70.7. The molecule has 22 aliphatic rings. The van der Waals surface area contributed by atoms with E-state index in [1.807, 2.05) is 100 Å². The molecular weight excluding hydrogens is 2000 g/mol. The third kappa shape index (κ3) is 30.1. The lowest BCUT2D eigenvalue weighted by molar-refractivity contribution is -0.396. The van der Waals surface area contributed by atoms with Crippen LogP contribution in [0.4, 0.5) is 0 Å². The Balaban J connectivity index is 0.000000265. The van der Waals surface area contributed by atoms with Crippen molar-refractivity contribution < 1.29 is 220 Å². The van der Waals surface area contributed by atoms with Crippen molar-refractivity contribution in [2.75, 3.05) is 79.1 Å². The van der Waals surface area contributed by atoms with Crippen molar-refractivity contribution in [3.63, 3.8) is 0 Å². The fourth-order valence-electron chi connectivity index (χ4n) is 19.4. The van der Waals surface area contributed by atoms with Crippen LogP contribution in [0.5, 0.6) is 5.75 Å². The Morgan fingerprint density at radius 3 is 1.21 bits per heavy atom. The molecule has 23 heterocycles. The predicted octanol–water partition coefficient (Wildman–Crippen LogP) is -8.26. The minimum atomic E-state index is -4.54. The van der Waals surface area contributed by atoms with Crippen molar-refractivity contribution in [1.29, 1.82) is 0 Å². The van der Waals surface area contributed by atoms with Gasteiger partial charge in [-0.1, -0.05) is 93.6 Å². The Labute approximate surface area is 859 Å². The number of aryl methyl sites for hydroxylation is 4. The number of nitrogens with zero attached hydrogens (tertiary/aromatic N) is 4. The van der Waals surface area contributed by atoms with Gasteiger partial charge in [0, 0.05) is 44.3 Å². The molecule has 149 heavy (non-hydrogen) atoms. The van der Waals surface area contributed by atoms with Gasteiger partial charge in [-0.25, -0.2) is 0 Å². The molecule has 22 aliphatic heterocycles. The number of aromatic nitrogens is 3. The Hall–Kier alpha value is -7.02. The summed E-state index contributed by atoms with van der Waals surface area (Å²) in [6, 6.07) is 19.6. The first kappa shape index (κ1) is 121. The van der Waals surface area contributed by atoms with Gasteiger partial charge in [0.25, 0.3) is 10.1 Å². The molecule has 22 fully saturated rings. The van der Waals surface area contributed by atoms with Crippen molar-refractivity contribution >= 4 is 39.3 Å². The van der Waals surface area contributed by atoms with E-state index in [2.05, 4.69) is 20.9 Å². The highest BCUT2D eigenvalue weighted by molar-refractivity contribution is 7.86. The number of aliphatic hydroxyl groups excluding tert-OH is 20. The summed E-state index contributed by atoms with van der Waals surface area (Å²) in [6.45, 7) is 11.3. The number of hydrogen-bond donors (Lipinski definition) is 23. The van der Waals surface area contributed by atoms with E-state index in [0.717, 1.165) is 18.1 Å². The zero-order valence-electron chi connectivity index (χ0n) is 83.9. The number of ketones is 3. The SMILES string of the molecule is CC1OC2OC3C(CO)OC(OC4C(CO)OC(OC5C(CO)OC(OC6C(CO)OC(OC7C(CO)OC(OC8C(CO)OC(OC1C(O)C2O)C(O)C8O)C(O)C7O)C(O)C6O)C(O)C5O)C(O)C4O)C(O)C3O.CCn1cc(COc2cc(C)c(S(=O)(=O)OC[C@@](C)(O)C(=O)[C@H](CC(C)C)NC(=O)[C@@H](CC(=O)[C@H](CC(C)C)NC(=O)[C@H](CCc3ccccc3)CC(=O)CN3CCOCC3)Cc3ccccc3)c(C)c2)nn1. The van der Waals surface area contributed by atoms with Crippen LogP contribution in [0.25, 0.3) is 0 Å². The number of benzene rings is 3. The number of rotatable bonds is 36. The highest BCUT2D eigenvalue weighted by Crippen LogP contribution is 2.41. The Bertz CT molecular complexity index is 4940. The smallest absolute Gasteiger partial charge is 0.297 e. The van der Waals surface area contributed by atoms with Crippen LogP contribution in [-0.4, -0.2) is 476 Å². The van der Waals surface area contributed by atoms with Crippen molar-refractivity contribution in [3.05, 3.63) is 107 Å². The summed E-state index contributed by atoms with van der Waals surface area (Å²) in [5.74, 6) is -3.92. The molecule has 840 valence electrons. The molecule has 3 aromatic carbocycles. The first-order valence-electron chi connectivity index (χ1n) is 49.9. The zero-order valence-corrected chi connectivity index (χ0v) is 84.7. The number of ether oxygens (including phenoxy) is 16. The lowest BCUT2D eigenvalue weighted by Gasteiger charge is -2.50. The Morgan fingerprint density at radius 1 is 0.477 bits per heavy atom. The summed E-state index contributed by atoms with van der Waals surface area (Å²) in [6.07, 6.45) is -65.3. The average molecular weight is 2150 g/mol. The summed E-state index contributed by atoms with van der Waals surface area (Å²) in [5, 5.41) is 245. The van der Waals surface area contributed by atoms with E-state index in [4.69, 9.17) is 80.0 Å². The van der Waals surface area contributed by atoms with Crippen molar-refractivity contribution in [1.82, 2.24) is 30.5 Å². The number of Topliss-reactive ketones (excluding diaryl/α,β-unsaturated/α-hetero) is 3. The molecule has 0 spiro atoms. The second kappa shape index (κ2) is 54.6. The maximum absolute atomic E-state index is 14.6. The quantitative estimate of drug-likeness (QED) is 0.0188. The van der Waals surface area contributed by atoms with Gasteiger partial charge in [0.2, 0.25) is 11.8 Å². The largest absolute Gasteiger partial charge is 0.487 e. The van der Waals surface area contributed by atoms with E-state index >= 15 is 0 Å². The summed E-state index contributed by atoms with van der Waals surface area (Å²) in [5.41, 5.74) is 0.604. The molecule has 40 atom stereocenters. The van der Waals surface area contributed by atoms with Gasteiger partial charge in [-0.3, -0.25) is 37.7 Å². The lowest BCUT2D eigenvalue weighted by atomic mass is 9.86. The molecule has 2 amide bonds. The minimum absolute atomic E-state index is 0.00224. The molecule has 23 N–H and O–H groups in total. The monoisotopic (exact) mass is 2150 g/mol. The van der Waals surface area contributed by atoms with Gasteiger partial charge in [-0.2, -0.15) is 8.42 Å². The second-order valence-corrected chi connectivity index (χ2v) is 41.6. The molecule has 14 bridgehead atoms. The predicted molar refractivity (Wildman–Crippen MR) is 503 cm³/mol. The van der Waals surface area contributed by atoms with Crippen molar-refractivity contribution in [2.45, 2.75) is 358 Å². The van der Waals surface area contributed by atoms with Gasteiger partial charge in [0.15, 0.2) is 55.6 Å². The van der Waals surface area contributed by atoms with Gasteiger partial charge < -0.3 is 194 Å². The van der Waals surface area contributed by atoms with Crippen LogP contribution in [0.15, 0.2) is 83.9 Å². The van der Waals surface area contributed by atoms with Gasteiger partial charge in [-0.05, 0) is 113 Å². The molecular formula is C97H146N6O45S. The average Bonchev–Trinajstić information content (AvgIpc) is 1.12. The molecule has 35 unspecified atom stereocenters. The van der Waals surface area contributed by atoms with E-state index < -0.39 is 318 Å². The highest BCUT2D eigenvalue weighted by atomic mass is 32.2. The third-order valence-electron chi connectivity index (χ3n) is 27.6. The molecule has 0 saturated carbocycles. The Kier molecular flexibility index (Phi) is 44.2. The number of morpholine rings is 1. The number of aliphatic hydroxyl groups is 21. The van der Waals surface area contributed by atoms with Crippen LogP contribution >= 0.6 is 0 Å². The molecule has 4 aromatic rings. The molecule has 0 radical (unpaired) electrons. The first-order valence-corrected chi connectivity index (χ1v) is 51.3. The van der Waals surface area contributed by atoms with E-state index in [1.54, 1.807) is 36.9 Å². The highest BCUT2D eigenvalue weighted by Gasteiger charge is 2.60. The van der Waals surface area contributed by atoms with Gasteiger partial charge in [-0.15, -0.1) is 5.10 Å². The van der Waals surface area contributed by atoms with Crippen LogP contribution in [0, 0.1) is 37.5 Å². The third-order valence-corrected chi connectivity index (χ3v) is 29.2. The molecule has 22 saturated heterocycles. The lowest BCUT2D eigenvalue weighted by Crippen LogP contribution is -2.68. The van der Waals surface area contributed by atoms with Crippen molar-refractivity contribution in [2.24, 2.45) is 23.7 Å². The molecule has 51 nitrogen and oxygen atoms in total. The van der Waals surface area contributed by atoms with E-state index in [1.165, 1.54) is 6.92 Å². The second-order valence-electron chi connectivity index (χ2n) is 40.0. The summed E-state index contributed by atoms with van der Waals surface area (Å²) in [4.78, 5) is 73.1. The summed E-state index contributed by atoms with van der Waals surface area (Å²) < 4.78 is 126. The number of hydrogen-bond acceptors (Lipinski definition) is 48. The molecule has 0 aliphatic carbocycles. The van der Waals surface area contributed by atoms with Crippen LogP contribution in [0.1, 0.15) is 109 Å². The zero-order chi connectivity index (χ0) is 109. The minimum Gasteiger partial charge on any atom is -0.487 e. The van der Waals surface area contributed by atoms with Crippen molar-refractivity contribution in [3.8, 4) is 5.75 Å². The van der Waals surface area contributed by atoms with Crippen LogP contribution in [-0.2, 0) is 135 Å². The number of carbonyl (C=O) groups excluding carboxylic acids is 5. The molecule has 1 aromatic heterocycles. The maximum atomic E-state index is 14.6. The number of amides is 2. The van der Waals surface area contributed by atoms with E-state index in [9.17, 15) is 140 Å². The summed E-state index contributed by atoms with van der Waals surface area (Å²) in [7, 11) is -4.54. The van der Waals surface area contributed by atoms with Gasteiger partial charge in [0.05, 0.1) is 83.8 Å².